The largest absolute Gasteiger partial charge is 0.497 e. The number of halogens is 1. The summed E-state index contributed by atoms with van der Waals surface area (Å²) in [6.07, 6.45) is 3.38. The van der Waals surface area contributed by atoms with E-state index in [2.05, 4.69) is 15.6 Å². The van der Waals surface area contributed by atoms with Crippen LogP contribution in [0.3, 0.4) is 0 Å². The third kappa shape index (κ3) is 7.57. The Labute approximate surface area is 307 Å². The molecule has 3 heterocycles. The van der Waals surface area contributed by atoms with E-state index >= 15 is 0 Å². The van der Waals surface area contributed by atoms with Crippen molar-refractivity contribution in [3.05, 3.63) is 36.4 Å². The number of nitrogens with one attached hydrogen (secondary N) is 3. The van der Waals surface area contributed by atoms with Gasteiger partial charge in [0.15, 0.2) is 5.75 Å². The second kappa shape index (κ2) is 14.6. The number of hydrogen-bond acceptors (Lipinski definition) is 10. The zero-order valence-electron chi connectivity index (χ0n) is 30.1. The van der Waals surface area contributed by atoms with Gasteiger partial charge in [-0.3, -0.25) is 19.1 Å². The maximum Gasteiger partial charge on any atom is 0.405 e. The summed E-state index contributed by atoms with van der Waals surface area (Å²) < 4.78 is 57.6. The molecule has 0 bridgehead atoms. The third-order valence-corrected chi connectivity index (χ3v) is 13.1. The molecule has 3 fully saturated rings. The summed E-state index contributed by atoms with van der Waals surface area (Å²) >= 11 is 0. The number of rotatable bonds is 9. The number of benzene rings is 1. The van der Waals surface area contributed by atoms with Gasteiger partial charge in [-0.25, -0.2) is 22.6 Å². The molecule has 288 valence electrons. The molecule has 0 spiro atoms. The highest BCUT2D eigenvalue weighted by Crippen LogP contribution is 2.48. The number of methoxy groups -OCH3 is 2. The number of ether oxygens (including phenoxy) is 3. The number of hydrogen-bond donors (Lipinski definition) is 4. The van der Waals surface area contributed by atoms with Gasteiger partial charge in [0.05, 0.1) is 26.3 Å². The van der Waals surface area contributed by atoms with Crippen molar-refractivity contribution >= 4 is 44.7 Å². The highest BCUT2D eigenvalue weighted by Gasteiger charge is 2.64. The maximum atomic E-state index is 14.4. The van der Waals surface area contributed by atoms with Gasteiger partial charge < -0.3 is 34.9 Å². The van der Waals surface area contributed by atoms with E-state index in [1.165, 1.54) is 19.1 Å². The van der Waals surface area contributed by atoms with Crippen LogP contribution in [-0.4, -0.2) is 103 Å². The Hall–Kier alpha value is -4.67. The van der Waals surface area contributed by atoms with Gasteiger partial charge in [0.25, 0.3) is 11.8 Å². The van der Waals surface area contributed by atoms with Gasteiger partial charge in [-0.2, -0.15) is 0 Å². The minimum Gasteiger partial charge on any atom is -0.497 e. The number of aromatic nitrogens is 1. The van der Waals surface area contributed by atoms with Crippen molar-refractivity contribution in [2.45, 2.75) is 87.3 Å². The molecule has 4 amide bonds. The molecule has 7 atom stereocenters. The summed E-state index contributed by atoms with van der Waals surface area (Å²) in [4.78, 5) is 60.3. The summed E-state index contributed by atoms with van der Waals surface area (Å²) in [6.45, 7) is 2.50. The van der Waals surface area contributed by atoms with E-state index in [4.69, 9.17) is 14.2 Å². The van der Waals surface area contributed by atoms with Crippen LogP contribution in [0.4, 0.5) is 9.18 Å². The molecule has 1 aromatic heterocycles. The molecule has 4 N–H and O–H groups in total. The van der Waals surface area contributed by atoms with Crippen molar-refractivity contribution in [3.8, 4) is 17.4 Å². The molecular formula is C36H46FN5O10S. The summed E-state index contributed by atoms with van der Waals surface area (Å²) in [5.74, 6) is -2.35. The second-order valence-electron chi connectivity index (χ2n) is 14.8. The van der Waals surface area contributed by atoms with Gasteiger partial charge in [0.2, 0.25) is 21.8 Å². The lowest BCUT2D eigenvalue weighted by Crippen LogP contribution is -2.59. The van der Waals surface area contributed by atoms with Gasteiger partial charge in [-0.1, -0.05) is 26.0 Å². The van der Waals surface area contributed by atoms with Gasteiger partial charge in [-0.05, 0) is 74.6 Å². The predicted octanol–water partition coefficient (Wildman–Crippen LogP) is 3.07. The van der Waals surface area contributed by atoms with Crippen LogP contribution in [0.5, 0.6) is 17.4 Å². The van der Waals surface area contributed by atoms with Crippen LogP contribution < -0.4 is 29.6 Å². The second-order valence-corrected chi connectivity index (χ2v) is 16.9. The first kappa shape index (κ1) is 38.1. The minimum absolute atomic E-state index is 0.0666. The molecule has 4 aliphatic rings. The summed E-state index contributed by atoms with van der Waals surface area (Å²) in [7, 11) is -1.44. The lowest BCUT2D eigenvalue weighted by molar-refractivity contribution is -0.142. The molecule has 2 aliphatic heterocycles. The molecule has 2 saturated carbocycles. The Morgan fingerprint density at radius 3 is 2.55 bits per heavy atom. The molecule has 53 heavy (non-hydrogen) atoms. The van der Waals surface area contributed by atoms with Gasteiger partial charge in [-0.15, -0.1) is 0 Å². The van der Waals surface area contributed by atoms with Crippen LogP contribution in [0.25, 0.3) is 10.9 Å². The molecule has 0 unspecified atom stereocenters. The first-order valence-corrected chi connectivity index (χ1v) is 19.2. The lowest BCUT2D eigenvalue weighted by atomic mass is 9.88. The zero-order chi connectivity index (χ0) is 38.3. The van der Waals surface area contributed by atoms with Crippen molar-refractivity contribution in [1.82, 2.24) is 25.2 Å². The summed E-state index contributed by atoms with van der Waals surface area (Å²) in [6, 6.07) is 4.52. The fourth-order valence-corrected chi connectivity index (χ4v) is 8.96. The van der Waals surface area contributed by atoms with E-state index in [0.717, 1.165) is 0 Å². The molecule has 2 aliphatic carbocycles. The van der Waals surface area contributed by atoms with Gasteiger partial charge >= 0.3 is 6.09 Å². The molecule has 0 radical (unpaired) electrons. The zero-order valence-corrected chi connectivity index (χ0v) is 30.9. The van der Waals surface area contributed by atoms with Crippen LogP contribution in [0.2, 0.25) is 0 Å². The first-order chi connectivity index (χ1) is 25.2. The standard InChI is InChI=1S/C36H46FN5O10S/c1-20-7-5-6-8-23-17-36(23,33(45)41-53(48,49)35(19-37)11-12-35)40-30(43)27-16-25(18-42(27)32(44)29(21(2)13-20)39-34(46)47)52-28-15-22-14-24(50-3)9-10-26(22)38-31(28)51-4/h6,8-10,14-15,20-21,23,25,27,29,39H,5,7,11-13,16-19H2,1-4H3,(H,40,43)(H,41,45)(H,46,47)/b8-6-/t20-,21-,23-,25-,27+,29+,36-/m1/s1. The molecule has 17 heteroatoms. The number of allylic oxidation sites excluding steroid dienone is 1. The van der Waals surface area contributed by atoms with Gasteiger partial charge in [0.1, 0.15) is 40.9 Å². The average Bonchev–Trinajstić information content (AvgIpc) is 4.02. The number of amides is 4. The van der Waals surface area contributed by atoms with Crippen molar-refractivity contribution in [2.75, 3.05) is 27.4 Å². The van der Waals surface area contributed by atoms with E-state index < -0.39 is 80.8 Å². The Morgan fingerprint density at radius 2 is 1.89 bits per heavy atom. The number of carbonyl (C=O) groups excluding carboxylic acids is 3. The van der Waals surface area contributed by atoms with Crippen LogP contribution in [0.15, 0.2) is 36.4 Å². The van der Waals surface area contributed by atoms with Crippen LogP contribution in [0.1, 0.15) is 58.8 Å². The van der Waals surface area contributed by atoms with Crippen LogP contribution >= 0.6 is 0 Å². The number of nitrogens with zero attached hydrogens (tertiary/aromatic N) is 2. The number of sulfonamides is 1. The Morgan fingerprint density at radius 1 is 1.13 bits per heavy atom. The molecule has 2 aromatic rings. The third-order valence-electron chi connectivity index (χ3n) is 11.0. The highest BCUT2D eigenvalue weighted by molar-refractivity contribution is 7.91. The lowest BCUT2D eigenvalue weighted by Gasteiger charge is -2.32. The fraction of sp³-hybridized carbons (Fsp3) is 0.583. The maximum absolute atomic E-state index is 14.4. The minimum atomic E-state index is -4.39. The summed E-state index contributed by atoms with van der Waals surface area (Å²) in [5.41, 5.74) is -1.07. The summed E-state index contributed by atoms with van der Waals surface area (Å²) in [5, 5.41) is 15.6. The Bertz CT molecular complexity index is 1920. The molecule has 6 rings (SSSR count). The molecular weight excluding hydrogens is 713 g/mol. The Balaban J connectivity index is 1.34. The van der Waals surface area contributed by atoms with E-state index in [0.29, 0.717) is 35.9 Å². The number of carbonyl (C=O) groups is 4. The van der Waals surface area contributed by atoms with Crippen molar-refractivity contribution < 1.29 is 51.3 Å². The topological polar surface area (TPSA) is 203 Å². The highest BCUT2D eigenvalue weighted by atomic mass is 32.2. The van der Waals surface area contributed by atoms with E-state index in [-0.39, 0.29) is 49.8 Å². The molecule has 15 nitrogen and oxygen atoms in total. The SMILES string of the molecule is COc1ccc2nc(OC)c(O[C@@H]3C[C@H]4C(=O)N[C@]5(C(=O)NS(=O)(=O)C6(CF)CC6)C[C@H]5/C=C\CC[C@@H](C)C[C@@H](C)[C@H](NC(=O)O)C(=O)N4C3)cc2c1. The number of fused-ring (bicyclic) bond motifs is 3. The normalized spacial score (nSPS) is 30.4. The number of alkyl halides is 1. The van der Waals surface area contributed by atoms with Gasteiger partial charge in [0, 0.05) is 17.7 Å². The van der Waals surface area contributed by atoms with E-state index in [9.17, 15) is 37.1 Å². The smallest absolute Gasteiger partial charge is 0.405 e. The van der Waals surface area contributed by atoms with E-state index in [1.807, 2.05) is 17.7 Å². The number of carboxylic acid groups (broad SMARTS) is 1. The molecule has 1 aromatic carbocycles. The van der Waals surface area contributed by atoms with Crippen molar-refractivity contribution in [1.29, 1.82) is 0 Å². The monoisotopic (exact) mass is 759 g/mol. The average molecular weight is 760 g/mol. The number of pyridine rings is 1. The molecule has 1 saturated heterocycles. The van der Waals surface area contributed by atoms with E-state index in [1.54, 1.807) is 37.3 Å². The first-order valence-electron chi connectivity index (χ1n) is 17.8. The van der Waals surface area contributed by atoms with Crippen LogP contribution in [-0.2, 0) is 24.4 Å². The quantitative estimate of drug-likeness (QED) is 0.274. The Kier molecular flexibility index (Phi) is 10.5. The van der Waals surface area contributed by atoms with Crippen LogP contribution in [0, 0.1) is 17.8 Å². The predicted molar refractivity (Wildman–Crippen MR) is 190 cm³/mol. The van der Waals surface area contributed by atoms with Crippen molar-refractivity contribution in [2.24, 2.45) is 17.8 Å². The van der Waals surface area contributed by atoms with Crippen molar-refractivity contribution in [3.63, 3.8) is 0 Å². The fourth-order valence-electron chi connectivity index (χ4n) is 7.54.